The van der Waals surface area contributed by atoms with Gasteiger partial charge in [-0.25, -0.2) is 0 Å². The molecule has 0 atom stereocenters. The summed E-state index contributed by atoms with van der Waals surface area (Å²) >= 11 is 0. The Balaban J connectivity index is 1.06. The first-order valence-electron chi connectivity index (χ1n) is 19.9. The molecule has 1 heterocycles. The molecular formula is C55H40N2. The van der Waals surface area contributed by atoms with Crippen LogP contribution in [0.5, 0.6) is 0 Å². The Morgan fingerprint density at radius 2 is 1.05 bits per heavy atom. The molecule has 11 rings (SSSR count). The van der Waals surface area contributed by atoms with Crippen LogP contribution in [0.4, 0.5) is 17.1 Å². The molecule has 1 aliphatic rings. The quantitative estimate of drug-likeness (QED) is 0.165. The van der Waals surface area contributed by atoms with Crippen LogP contribution < -0.4 is 4.90 Å². The third kappa shape index (κ3) is 5.25. The Hall–Kier alpha value is -7.16. The van der Waals surface area contributed by atoms with Crippen LogP contribution in [0.3, 0.4) is 0 Å². The Morgan fingerprint density at radius 3 is 1.88 bits per heavy atom. The van der Waals surface area contributed by atoms with Gasteiger partial charge in [0.1, 0.15) is 0 Å². The molecule has 57 heavy (non-hydrogen) atoms. The maximum atomic E-state index is 2.43. The van der Waals surface area contributed by atoms with Gasteiger partial charge in [0, 0.05) is 38.8 Å². The highest BCUT2D eigenvalue weighted by molar-refractivity contribution is 6.11. The minimum atomic E-state index is -0.0924. The van der Waals surface area contributed by atoms with E-state index >= 15 is 0 Å². The average Bonchev–Trinajstić information content (AvgIpc) is 3.72. The van der Waals surface area contributed by atoms with Crippen molar-refractivity contribution >= 4 is 49.6 Å². The molecule has 0 saturated heterocycles. The summed E-state index contributed by atoms with van der Waals surface area (Å²) in [5.41, 5.74) is 17.1. The lowest BCUT2D eigenvalue weighted by Crippen LogP contribution is -2.15. The van der Waals surface area contributed by atoms with Gasteiger partial charge in [-0.3, -0.25) is 0 Å². The van der Waals surface area contributed by atoms with E-state index in [2.05, 4.69) is 230 Å². The third-order valence-electron chi connectivity index (χ3n) is 12.2. The van der Waals surface area contributed by atoms with E-state index in [9.17, 15) is 0 Å². The van der Waals surface area contributed by atoms with E-state index in [1.807, 2.05) is 0 Å². The van der Waals surface area contributed by atoms with Crippen LogP contribution in [0.1, 0.15) is 25.0 Å². The first-order valence-corrected chi connectivity index (χ1v) is 19.9. The van der Waals surface area contributed by atoms with E-state index < -0.39 is 0 Å². The third-order valence-corrected chi connectivity index (χ3v) is 12.2. The van der Waals surface area contributed by atoms with Crippen molar-refractivity contribution in [2.75, 3.05) is 4.90 Å². The molecule has 0 fully saturated rings. The Bertz CT molecular complexity index is 3130. The maximum Gasteiger partial charge on any atom is 0.0542 e. The van der Waals surface area contributed by atoms with E-state index in [4.69, 9.17) is 0 Å². The van der Waals surface area contributed by atoms with E-state index in [-0.39, 0.29) is 5.41 Å². The zero-order valence-corrected chi connectivity index (χ0v) is 32.0. The van der Waals surface area contributed by atoms with E-state index in [0.717, 1.165) is 22.7 Å². The van der Waals surface area contributed by atoms with Crippen molar-refractivity contribution in [3.05, 3.63) is 217 Å². The first-order chi connectivity index (χ1) is 28.0. The Morgan fingerprint density at radius 1 is 0.404 bits per heavy atom. The van der Waals surface area contributed by atoms with Crippen molar-refractivity contribution in [1.29, 1.82) is 0 Å². The van der Waals surface area contributed by atoms with Gasteiger partial charge in [-0.2, -0.15) is 0 Å². The Labute approximate surface area is 333 Å². The second-order valence-electron chi connectivity index (χ2n) is 15.7. The lowest BCUT2D eigenvalue weighted by atomic mass is 9.81. The molecule has 9 aromatic carbocycles. The number of benzene rings is 9. The summed E-state index contributed by atoms with van der Waals surface area (Å²) in [6, 6.07) is 75.5. The summed E-state index contributed by atoms with van der Waals surface area (Å²) in [5, 5.41) is 5.08. The number of para-hydroxylation sites is 3. The predicted molar refractivity (Wildman–Crippen MR) is 241 cm³/mol. The molecule has 10 aromatic rings. The molecule has 0 radical (unpaired) electrons. The molecule has 0 aliphatic heterocycles. The molecule has 2 nitrogen and oxygen atoms in total. The van der Waals surface area contributed by atoms with Gasteiger partial charge in [0.05, 0.1) is 16.7 Å². The van der Waals surface area contributed by atoms with E-state index in [0.29, 0.717) is 0 Å². The molecule has 0 bridgehead atoms. The molecule has 1 aromatic heterocycles. The van der Waals surface area contributed by atoms with Crippen molar-refractivity contribution in [2.45, 2.75) is 19.3 Å². The molecule has 0 unspecified atom stereocenters. The normalized spacial score (nSPS) is 12.9. The van der Waals surface area contributed by atoms with Crippen LogP contribution in [-0.2, 0) is 5.41 Å². The predicted octanol–water partition coefficient (Wildman–Crippen LogP) is 15.0. The van der Waals surface area contributed by atoms with Crippen LogP contribution in [0.2, 0.25) is 0 Å². The number of aromatic nitrogens is 1. The van der Waals surface area contributed by atoms with E-state index in [1.54, 1.807) is 0 Å². The van der Waals surface area contributed by atoms with Gasteiger partial charge in [0.2, 0.25) is 0 Å². The zero-order chi connectivity index (χ0) is 38.1. The minimum absolute atomic E-state index is 0.0924. The molecular weight excluding hydrogens is 689 g/mol. The standard InChI is InChI=1S/C55H40N2/c1-55(2)49-33-28-39-17-9-10-21-45(39)54(49)47-32-27-40(35-50(47)55)37-25-29-42(30-26-37)56(51-23-13-11-20-44(51)38-15-5-3-6-16-38)43-31-34-53-48(36-43)46-22-12-14-24-52(46)57(53)41-18-7-4-8-19-41/h3-36H,1-2H3. The molecule has 0 saturated carbocycles. The molecule has 0 N–H and O–H groups in total. The van der Waals surface area contributed by atoms with Gasteiger partial charge < -0.3 is 9.47 Å². The van der Waals surface area contributed by atoms with Crippen molar-refractivity contribution in [1.82, 2.24) is 4.57 Å². The van der Waals surface area contributed by atoms with Gasteiger partial charge in [-0.15, -0.1) is 0 Å². The molecule has 270 valence electrons. The highest BCUT2D eigenvalue weighted by Gasteiger charge is 2.36. The SMILES string of the molecule is CC1(C)c2cc(-c3ccc(N(c4ccc5c(c4)c4ccccc4n5-c4ccccc4)c4ccccc4-c4ccccc4)cc3)ccc2-c2c1ccc1ccccc21. The van der Waals surface area contributed by atoms with Crippen LogP contribution in [0, 0.1) is 0 Å². The first kappa shape index (κ1) is 33.2. The second-order valence-corrected chi connectivity index (χ2v) is 15.7. The number of rotatable bonds is 6. The smallest absolute Gasteiger partial charge is 0.0542 e. The highest BCUT2D eigenvalue weighted by Crippen LogP contribution is 2.52. The zero-order valence-electron chi connectivity index (χ0n) is 32.0. The van der Waals surface area contributed by atoms with Gasteiger partial charge in [0.25, 0.3) is 0 Å². The summed E-state index contributed by atoms with van der Waals surface area (Å²) in [6.07, 6.45) is 0. The number of anilines is 3. The number of fused-ring (bicyclic) bond motifs is 8. The Kier molecular flexibility index (Phi) is 7.55. The molecule has 0 amide bonds. The summed E-state index contributed by atoms with van der Waals surface area (Å²) in [7, 11) is 0. The van der Waals surface area contributed by atoms with Gasteiger partial charge in [-0.1, -0.05) is 159 Å². The lowest BCUT2D eigenvalue weighted by Gasteiger charge is -2.28. The van der Waals surface area contributed by atoms with Crippen molar-refractivity contribution in [3.63, 3.8) is 0 Å². The van der Waals surface area contributed by atoms with Gasteiger partial charge >= 0.3 is 0 Å². The largest absolute Gasteiger partial charge is 0.310 e. The van der Waals surface area contributed by atoms with Crippen LogP contribution >= 0.6 is 0 Å². The highest BCUT2D eigenvalue weighted by atomic mass is 15.1. The fourth-order valence-corrected chi connectivity index (χ4v) is 9.40. The van der Waals surface area contributed by atoms with Crippen LogP contribution in [-0.4, -0.2) is 4.57 Å². The summed E-state index contributed by atoms with van der Waals surface area (Å²) < 4.78 is 2.38. The average molecular weight is 729 g/mol. The van der Waals surface area contributed by atoms with Crippen molar-refractivity contribution in [2.24, 2.45) is 0 Å². The molecule has 1 aliphatic carbocycles. The second kappa shape index (κ2) is 13.0. The number of hydrogen-bond acceptors (Lipinski definition) is 1. The van der Waals surface area contributed by atoms with E-state index in [1.165, 1.54) is 77.1 Å². The van der Waals surface area contributed by atoms with Crippen LogP contribution in [0.25, 0.3) is 71.6 Å². The van der Waals surface area contributed by atoms with Crippen LogP contribution in [0.15, 0.2) is 206 Å². The van der Waals surface area contributed by atoms with Gasteiger partial charge in [0.15, 0.2) is 0 Å². The van der Waals surface area contributed by atoms with Crippen molar-refractivity contribution in [3.8, 4) is 39.1 Å². The summed E-state index contributed by atoms with van der Waals surface area (Å²) in [5.74, 6) is 0. The molecule has 2 heteroatoms. The monoisotopic (exact) mass is 728 g/mol. The van der Waals surface area contributed by atoms with Crippen molar-refractivity contribution < 1.29 is 0 Å². The minimum Gasteiger partial charge on any atom is -0.310 e. The van der Waals surface area contributed by atoms with Gasteiger partial charge in [-0.05, 0) is 110 Å². The maximum absolute atomic E-state index is 2.43. The fraction of sp³-hybridized carbons (Fsp3) is 0.0545. The number of hydrogen-bond donors (Lipinski definition) is 0. The summed E-state index contributed by atoms with van der Waals surface area (Å²) in [4.78, 5) is 2.42. The topological polar surface area (TPSA) is 8.17 Å². The summed E-state index contributed by atoms with van der Waals surface area (Å²) in [6.45, 7) is 4.74. The molecule has 0 spiro atoms. The fourth-order valence-electron chi connectivity index (χ4n) is 9.40. The number of nitrogens with zero attached hydrogens (tertiary/aromatic N) is 2. The lowest BCUT2D eigenvalue weighted by molar-refractivity contribution is 0.661.